The first-order chi connectivity index (χ1) is 20.6. The summed E-state index contributed by atoms with van der Waals surface area (Å²) in [5.41, 5.74) is 4.01. The van der Waals surface area contributed by atoms with E-state index in [9.17, 15) is 4.79 Å². The Balaban J connectivity index is 1.25. The van der Waals surface area contributed by atoms with Crippen LogP contribution in [0.4, 0.5) is 0 Å². The van der Waals surface area contributed by atoms with Crippen LogP contribution in [0, 0.1) is 0 Å². The van der Waals surface area contributed by atoms with E-state index in [1.807, 2.05) is 103 Å². The molecule has 0 N–H and O–H groups in total. The highest BCUT2D eigenvalue weighted by Gasteiger charge is 2.17. The van der Waals surface area contributed by atoms with E-state index in [0.29, 0.717) is 52.3 Å². The Morgan fingerprint density at radius 1 is 0.952 bits per heavy atom. The van der Waals surface area contributed by atoms with E-state index in [1.54, 1.807) is 6.08 Å². The quantitative estimate of drug-likeness (QED) is 0.268. The van der Waals surface area contributed by atoms with Crippen LogP contribution in [0.25, 0.3) is 40.1 Å². The van der Waals surface area contributed by atoms with Gasteiger partial charge in [-0.2, -0.15) is 14.6 Å². The second-order valence-electron chi connectivity index (χ2n) is 9.49. The second-order valence-corrected chi connectivity index (χ2v) is 10.5. The summed E-state index contributed by atoms with van der Waals surface area (Å²) in [6, 6.07) is 23.4. The van der Waals surface area contributed by atoms with Crippen LogP contribution in [-0.2, 0) is 0 Å². The third-order valence-electron chi connectivity index (χ3n) is 6.68. The van der Waals surface area contributed by atoms with Crippen molar-refractivity contribution >= 4 is 34.5 Å². The number of benzene rings is 3. The van der Waals surface area contributed by atoms with Crippen molar-refractivity contribution in [1.29, 1.82) is 0 Å². The predicted molar refractivity (Wildman–Crippen MR) is 162 cm³/mol. The van der Waals surface area contributed by atoms with Gasteiger partial charge in [-0.25, -0.2) is 4.68 Å². The summed E-state index contributed by atoms with van der Waals surface area (Å²) in [6.45, 7) is 3.59. The molecule has 1 aliphatic heterocycles. The number of para-hydroxylation sites is 1. The number of rotatable bonds is 7. The van der Waals surface area contributed by atoms with Gasteiger partial charge in [0.25, 0.3) is 5.56 Å². The number of hydrogen-bond acceptors (Lipinski definition) is 8. The average Bonchev–Trinajstić information content (AvgIpc) is 3.72. The standard InChI is InChI=1S/C32H25N5O4S/c1-2-39-25-12-8-21(9-13-25)10-15-29-33-32-37(34-29)31(38)28(42-32)19-23-20-36(24-6-4-3-5-7-24)35-30(23)22-11-14-26-27(18-22)41-17-16-40-26/h3-15,18-20H,2,16-17H2,1H3/b15-10+,28-19-. The van der Waals surface area contributed by atoms with E-state index in [-0.39, 0.29) is 5.56 Å². The van der Waals surface area contributed by atoms with Gasteiger partial charge in [-0.1, -0.05) is 47.7 Å². The van der Waals surface area contributed by atoms with Crippen molar-refractivity contribution in [1.82, 2.24) is 24.4 Å². The lowest BCUT2D eigenvalue weighted by molar-refractivity contribution is 0.171. The third-order valence-corrected chi connectivity index (χ3v) is 7.64. The van der Waals surface area contributed by atoms with Crippen LogP contribution in [0.3, 0.4) is 0 Å². The van der Waals surface area contributed by atoms with Crippen molar-refractivity contribution in [3.05, 3.63) is 111 Å². The molecule has 0 amide bonds. The van der Waals surface area contributed by atoms with Gasteiger partial charge >= 0.3 is 0 Å². The van der Waals surface area contributed by atoms with Gasteiger partial charge in [0, 0.05) is 17.3 Å². The highest BCUT2D eigenvalue weighted by molar-refractivity contribution is 7.15. The number of nitrogens with zero attached hydrogens (tertiary/aromatic N) is 5. The first-order valence-electron chi connectivity index (χ1n) is 13.5. The number of ether oxygens (including phenoxy) is 3. The topological polar surface area (TPSA) is 92.8 Å². The maximum absolute atomic E-state index is 13.4. The summed E-state index contributed by atoms with van der Waals surface area (Å²) in [5, 5.41) is 9.33. The zero-order valence-electron chi connectivity index (χ0n) is 22.6. The molecule has 4 heterocycles. The first kappa shape index (κ1) is 25.7. The van der Waals surface area contributed by atoms with Crippen molar-refractivity contribution in [2.24, 2.45) is 0 Å². The summed E-state index contributed by atoms with van der Waals surface area (Å²) in [7, 11) is 0. The highest BCUT2D eigenvalue weighted by Crippen LogP contribution is 2.35. The summed E-state index contributed by atoms with van der Waals surface area (Å²) in [4.78, 5) is 18.5. The Hall–Kier alpha value is -5.22. The fourth-order valence-electron chi connectivity index (χ4n) is 4.69. The maximum atomic E-state index is 13.4. The predicted octanol–water partition coefficient (Wildman–Crippen LogP) is 4.89. The van der Waals surface area contributed by atoms with E-state index in [1.165, 1.54) is 15.9 Å². The third kappa shape index (κ3) is 5.04. The molecule has 7 rings (SSSR count). The monoisotopic (exact) mass is 575 g/mol. The smallest absolute Gasteiger partial charge is 0.291 e. The summed E-state index contributed by atoms with van der Waals surface area (Å²) >= 11 is 1.29. The van der Waals surface area contributed by atoms with Crippen LogP contribution in [0.5, 0.6) is 17.2 Å². The highest BCUT2D eigenvalue weighted by atomic mass is 32.1. The van der Waals surface area contributed by atoms with Gasteiger partial charge in [-0.3, -0.25) is 4.79 Å². The summed E-state index contributed by atoms with van der Waals surface area (Å²) in [5.74, 6) is 2.67. The van der Waals surface area contributed by atoms with Gasteiger partial charge in [0.05, 0.1) is 16.8 Å². The van der Waals surface area contributed by atoms with Gasteiger partial charge in [-0.15, -0.1) is 5.10 Å². The second kappa shape index (κ2) is 11.0. The molecule has 0 spiro atoms. The van der Waals surface area contributed by atoms with Crippen LogP contribution in [-0.4, -0.2) is 44.2 Å². The number of hydrogen-bond donors (Lipinski definition) is 0. The van der Waals surface area contributed by atoms with E-state index in [2.05, 4.69) is 10.1 Å². The Labute approximate surface area is 244 Å². The summed E-state index contributed by atoms with van der Waals surface area (Å²) in [6.07, 6.45) is 7.46. The van der Waals surface area contributed by atoms with Crippen LogP contribution < -0.4 is 24.3 Å². The molecule has 3 aromatic carbocycles. The van der Waals surface area contributed by atoms with E-state index in [4.69, 9.17) is 19.3 Å². The van der Waals surface area contributed by atoms with Crippen LogP contribution in [0.1, 0.15) is 23.9 Å². The van der Waals surface area contributed by atoms with Gasteiger partial charge in [-0.05, 0) is 67.1 Å². The van der Waals surface area contributed by atoms with E-state index < -0.39 is 0 Å². The van der Waals surface area contributed by atoms with Crippen molar-refractivity contribution < 1.29 is 14.2 Å². The van der Waals surface area contributed by atoms with Crippen LogP contribution >= 0.6 is 11.3 Å². The molecule has 208 valence electrons. The summed E-state index contributed by atoms with van der Waals surface area (Å²) < 4.78 is 20.7. The van der Waals surface area contributed by atoms with Crippen molar-refractivity contribution in [3.63, 3.8) is 0 Å². The zero-order valence-corrected chi connectivity index (χ0v) is 23.5. The van der Waals surface area contributed by atoms with Crippen LogP contribution in [0.2, 0.25) is 0 Å². The SMILES string of the molecule is CCOc1ccc(/C=C/c2nc3s/c(=C\c4cn(-c5ccccc5)nc4-c4ccc5c(c4)OCCO5)c(=O)n3n2)cc1. The minimum Gasteiger partial charge on any atom is -0.494 e. The average molecular weight is 576 g/mol. The molecule has 42 heavy (non-hydrogen) atoms. The number of aromatic nitrogens is 5. The lowest BCUT2D eigenvalue weighted by Gasteiger charge is -2.18. The van der Waals surface area contributed by atoms with Gasteiger partial charge in [0.2, 0.25) is 4.96 Å². The van der Waals surface area contributed by atoms with Crippen molar-refractivity contribution in [2.45, 2.75) is 6.92 Å². The largest absolute Gasteiger partial charge is 0.494 e. The molecular formula is C32H25N5O4S. The fraction of sp³-hybridized carbons (Fsp3) is 0.125. The molecule has 1 aliphatic rings. The molecule has 0 bridgehead atoms. The molecule has 10 heteroatoms. The zero-order chi connectivity index (χ0) is 28.5. The number of thiazole rings is 1. The Morgan fingerprint density at radius 2 is 1.76 bits per heavy atom. The van der Waals surface area contributed by atoms with Crippen LogP contribution in [0.15, 0.2) is 83.8 Å². The van der Waals surface area contributed by atoms with Gasteiger partial charge in [0.15, 0.2) is 17.3 Å². The fourth-order valence-corrected chi connectivity index (χ4v) is 5.60. The normalized spacial score (nSPS) is 13.3. The lowest BCUT2D eigenvalue weighted by atomic mass is 10.1. The van der Waals surface area contributed by atoms with Crippen molar-refractivity contribution in [3.8, 4) is 34.2 Å². The number of fused-ring (bicyclic) bond motifs is 2. The van der Waals surface area contributed by atoms with Gasteiger partial charge in [0.1, 0.15) is 24.7 Å². The van der Waals surface area contributed by atoms with Crippen molar-refractivity contribution in [2.75, 3.05) is 19.8 Å². The Kier molecular flexibility index (Phi) is 6.73. The Bertz CT molecular complexity index is 2030. The minimum absolute atomic E-state index is 0.233. The molecule has 0 fully saturated rings. The molecule has 0 aliphatic carbocycles. The lowest BCUT2D eigenvalue weighted by Crippen LogP contribution is -2.23. The minimum atomic E-state index is -0.233. The maximum Gasteiger partial charge on any atom is 0.291 e. The molecular weight excluding hydrogens is 550 g/mol. The molecule has 9 nitrogen and oxygen atoms in total. The molecule has 3 aromatic heterocycles. The van der Waals surface area contributed by atoms with E-state index >= 15 is 0 Å². The molecule has 0 saturated carbocycles. The molecule has 0 unspecified atom stereocenters. The molecule has 0 atom stereocenters. The molecule has 0 saturated heterocycles. The first-order valence-corrected chi connectivity index (χ1v) is 14.3. The van der Waals surface area contributed by atoms with E-state index in [0.717, 1.165) is 28.1 Å². The molecule has 0 radical (unpaired) electrons. The Morgan fingerprint density at radius 3 is 2.55 bits per heavy atom. The van der Waals surface area contributed by atoms with Gasteiger partial charge < -0.3 is 14.2 Å². The molecule has 6 aromatic rings.